The number of benzene rings is 1. The number of aromatic nitrogens is 1. The standard InChI is InChI=1S/C21H27N3O2/c25-21(12-15-9-11-22-14-15)24-17-3-5-18(6-4-17)26-19-7-8-20-16(13-19)2-1-10-23-20/h1-2,7-8,10,13,15,17-18,22H,3-6,9,11-12,14H2,(H,24,25). The van der Waals surface area contributed by atoms with Crippen LogP contribution in [0.4, 0.5) is 0 Å². The smallest absolute Gasteiger partial charge is 0.220 e. The Labute approximate surface area is 154 Å². The molecule has 2 N–H and O–H groups in total. The Balaban J connectivity index is 1.24. The minimum atomic E-state index is 0.213. The molecule has 0 bridgehead atoms. The van der Waals surface area contributed by atoms with E-state index in [0.717, 1.165) is 61.8 Å². The maximum atomic E-state index is 12.2. The fourth-order valence-electron chi connectivity index (χ4n) is 4.08. The summed E-state index contributed by atoms with van der Waals surface area (Å²) in [4.78, 5) is 16.5. The number of hydrogen-bond donors (Lipinski definition) is 2. The molecule has 5 heteroatoms. The van der Waals surface area contributed by atoms with Gasteiger partial charge in [-0.2, -0.15) is 0 Å². The second-order valence-electron chi connectivity index (χ2n) is 7.58. The molecule has 5 nitrogen and oxygen atoms in total. The summed E-state index contributed by atoms with van der Waals surface area (Å²) in [5.41, 5.74) is 0.990. The van der Waals surface area contributed by atoms with Crippen molar-refractivity contribution < 1.29 is 9.53 Å². The van der Waals surface area contributed by atoms with Gasteiger partial charge >= 0.3 is 0 Å². The summed E-state index contributed by atoms with van der Waals surface area (Å²) < 4.78 is 6.18. The summed E-state index contributed by atoms with van der Waals surface area (Å²) >= 11 is 0. The number of ether oxygens (including phenoxy) is 1. The van der Waals surface area contributed by atoms with E-state index in [1.165, 1.54) is 0 Å². The monoisotopic (exact) mass is 353 g/mol. The number of carbonyl (C=O) groups is 1. The molecule has 4 rings (SSSR count). The predicted molar refractivity (Wildman–Crippen MR) is 102 cm³/mol. The average molecular weight is 353 g/mol. The lowest BCUT2D eigenvalue weighted by molar-refractivity contribution is -0.122. The normalized spacial score (nSPS) is 25.9. The first-order chi connectivity index (χ1) is 12.8. The summed E-state index contributed by atoms with van der Waals surface area (Å²) in [6.45, 7) is 2.03. The molecule has 1 aliphatic carbocycles. The molecule has 1 aromatic carbocycles. The SMILES string of the molecule is O=C(CC1CCNC1)NC1CCC(Oc2ccc3ncccc3c2)CC1. The van der Waals surface area contributed by atoms with Gasteiger partial charge in [-0.15, -0.1) is 0 Å². The zero-order valence-corrected chi connectivity index (χ0v) is 15.1. The first-order valence-corrected chi connectivity index (χ1v) is 9.78. The van der Waals surface area contributed by atoms with Crippen LogP contribution in [0, 0.1) is 5.92 Å². The van der Waals surface area contributed by atoms with Gasteiger partial charge in [0.05, 0.1) is 11.6 Å². The molecule has 138 valence electrons. The van der Waals surface area contributed by atoms with Crippen LogP contribution in [-0.4, -0.2) is 36.1 Å². The summed E-state index contributed by atoms with van der Waals surface area (Å²) in [5, 5.41) is 7.65. The van der Waals surface area contributed by atoms with Crippen LogP contribution < -0.4 is 15.4 Å². The number of pyridine rings is 1. The molecule has 1 aliphatic heterocycles. The van der Waals surface area contributed by atoms with Gasteiger partial charge in [0, 0.05) is 24.0 Å². The second kappa shape index (κ2) is 8.04. The van der Waals surface area contributed by atoms with Gasteiger partial charge in [-0.1, -0.05) is 6.07 Å². The summed E-state index contributed by atoms with van der Waals surface area (Å²) in [6.07, 6.45) is 7.78. The van der Waals surface area contributed by atoms with E-state index in [-0.39, 0.29) is 12.0 Å². The van der Waals surface area contributed by atoms with E-state index in [0.29, 0.717) is 18.4 Å². The van der Waals surface area contributed by atoms with E-state index >= 15 is 0 Å². The molecular formula is C21H27N3O2. The first kappa shape index (κ1) is 17.3. The zero-order valence-electron chi connectivity index (χ0n) is 15.1. The van der Waals surface area contributed by atoms with Crippen LogP contribution in [0.3, 0.4) is 0 Å². The highest BCUT2D eigenvalue weighted by atomic mass is 16.5. The summed E-state index contributed by atoms with van der Waals surface area (Å²) in [7, 11) is 0. The van der Waals surface area contributed by atoms with Crippen LogP contribution in [0.2, 0.25) is 0 Å². The number of nitrogens with one attached hydrogen (secondary N) is 2. The molecule has 2 heterocycles. The lowest BCUT2D eigenvalue weighted by atomic mass is 9.92. The molecule has 1 unspecified atom stereocenters. The number of rotatable bonds is 5. The molecule has 2 aromatic rings. The highest BCUT2D eigenvalue weighted by Gasteiger charge is 2.25. The molecule has 26 heavy (non-hydrogen) atoms. The molecular weight excluding hydrogens is 326 g/mol. The van der Waals surface area contributed by atoms with Crippen LogP contribution in [-0.2, 0) is 4.79 Å². The highest BCUT2D eigenvalue weighted by Crippen LogP contribution is 2.26. The number of hydrogen-bond acceptors (Lipinski definition) is 4. The van der Waals surface area contributed by atoms with Crippen LogP contribution in [0.15, 0.2) is 36.5 Å². The highest BCUT2D eigenvalue weighted by molar-refractivity contribution is 5.79. The van der Waals surface area contributed by atoms with Gasteiger partial charge in [-0.25, -0.2) is 0 Å². The van der Waals surface area contributed by atoms with Crippen LogP contribution in [0.1, 0.15) is 38.5 Å². The second-order valence-corrected chi connectivity index (χ2v) is 7.58. The van der Waals surface area contributed by atoms with Crippen molar-refractivity contribution in [2.45, 2.75) is 50.7 Å². The van der Waals surface area contributed by atoms with E-state index in [9.17, 15) is 4.79 Å². The van der Waals surface area contributed by atoms with Crippen molar-refractivity contribution in [3.05, 3.63) is 36.5 Å². The molecule has 1 amide bonds. The van der Waals surface area contributed by atoms with Gasteiger partial charge < -0.3 is 15.4 Å². The number of nitrogens with zero attached hydrogens (tertiary/aromatic N) is 1. The topological polar surface area (TPSA) is 63.2 Å². The van der Waals surface area contributed by atoms with Gasteiger partial charge in [0.1, 0.15) is 5.75 Å². The quantitative estimate of drug-likeness (QED) is 0.867. The molecule has 1 saturated heterocycles. The molecule has 2 aliphatic rings. The minimum Gasteiger partial charge on any atom is -0.490 e. The van der Waals surface area contributed by atoms with Gasteiger partial charge in [0.2, 0.25) is 5.91 Å². The van der Waals surface area contributed by atoms with Crippen molar-refractivity contribution in [1.29, 1.82) is 0 Å². The predicted octanol–water partition coefficient (Wildman–Crippen LogP) is 3.04. The molecule has 1 aromatic heterocycles. The van der Waals surface area contributed by atoms with Crippen molar-refractivity contribution in [3.63, 3.8) is 0 Å². The van der Waals surface area contributed by atoms with E-state index in [4.69, 9.17) is 4.74 Å². The third-order valence-corrected chi connectivity index (χ3v) is 5.55. The van der Waals surface area contributed by atoms with Crippen molar-refractivity contribution in [1.82, 2.24) is 15.6 Å². The van der Waals surface area contributed by atoms with Crippen molar-refractivity contribution in [3.8, 4) is 5.75 Å². The Morgan fingerprint density at radius 3 is 2.88 bits per heavy atom. The fraction of sp³-hybridized carbons (Fsp3) is 0.524. The largest absolute Gasteiger partial charge is 0.490 e. The first-order valence-electron chi connectivity index (χ1n) is 9.78. The third-order valence-electron chi connectivity index (χ3n) is 5.55. The van der Waals surface area contributed by atoms with Gasteiger partial charge in [-0.3, -0.25) is 9.78 Å². The summed E-state index contributed by atoms with van der Waals surface area (Å²) in [5.74, 6) is 1.63. The lowest BCUT2D eigenvalue weighted by Gasteiger charge is -2.29. The van der Waals surface area contributed by atoms with Gasteiger partial charge in [0.15, 0.2) is 0 Å². The number of fused-ring (bicyclic) bond motifs is 1. The Bertz CT molecular complexity index is 750. The molecule has 0 radical (unpaired) electrons. The van der Waals surface area contributed by atoms with Gasteiger partial charge in [0.25, 0.3) is 0 Å². The fourth-order valence-corrected chi connectivity index (χ4v) is 4.08. The average Bonchev–Trinajstić information content (AvgIpc) is 3.16. The minimum absolute atomic E-state index is 0.213. The molecule has 1 atom stereocenters. The van der Waals surface area contributed by atoms with Crippen molar-refractivity contribution in [2.24, 2.45) is 5.92 Å². The number of amides is 1. The van der Waals surface area contributed by atoms with E-state index in [2.05, 4.69) is 27.8 Å². The van der Waals surface area contributed by atoms with E-state index < -0.39 is 0 Å². The van der Waals surface area contributed by atoms with Crippen LogP contribution >= 0.6 is 0 Å². The third kappa shape index (κ3) is 4.33. The van der Waals surface area contributed by atoms with Gasteiger partial charge in [-0.05, 0) is 75.4 Å². The lowest BCUT2D eigenvalue weighted by Crippen LogP contribution is -2.40. The summed E-state index contributed by atoms with van der Waals surface area (Å²) in [6, 6.07) is 10.4. The number of carbonyl (C=O) groups excluding carboxylic acids is 1. The maximum absolute atomic E-state index is 12.2. The maximum Gasteiger partial charge on any atom is 0.220 e. The molecule has 1 saturated carbocycles. The Hall–Kier alpha value is -2.14. The van der Waals surface area contributed by atoms with Crippen LogP contribution in [0.25, 0.3) is 10.9 Å². The van der Waals surface area contributed by atoms with Crippen LogP contribution in [0.5, 0.6) is 5.75 Å². The Morgan fingerprint density at radius 2 is 2.08 bits per heavy atom. The molecule has 2 fully saturated rings. The molecule has 0 spiro atoms. The van der Waals surface area contributed by atoms with Crippen molar-refractivity contribution >= 4 is 16.8 Å². The Kier molecular flexibility index (Phi) is 5.34. The van der Waals surface area contributed by atoms with E-state index in [1.54, 1.807) is 0 Å². The zero-order chi connectivity index (χ0) is 17.8. The Morgan fingerprint density at radius 1 is 1.19 bits per heavy atom. The van der Waals surface area contributed by atoms with E-state index in [1.807, 2.05) is 24.4 Å². The van der Waals surface area contributed by atoms with Crippen molar-refractivity contribution in [2.75, 3.05) is 13.1 Å².